The first kappa shape index (κ1) is 12.8. The van der Waals surface area contributed by atoms with Crippen LogP contribution in [0, 0.1) is 6.92 Å². The Morgan fingerprint density at radius 2 is 2.29 bits per heavy atom. The molecule has 92 valence electrons. The Morgan fingerprint density at radius 1 is 1.47 bits per heavy atom. The molecule has 5 heteroatoms. The molecule has 0 saturated carbocycles. The second-order valence-corrected chi connectivity index (χ2v) is 6.56. The van der Waals surface area contributed by atoms with Gasteiger partial charge in [0.25, 0.3) is 0 Å². The Kier molecular flexibility index (Phi) is 4.36. The van der Waals surface area contributed by atoms with Gasteiger partial charge in [0.2, 0.25) is 0 Å². The van der Waals surface area contributed by atoms with Gasteiger partial charge < -0.3 is 5.32 Å². The van der Waals surface area contributed by atoms with Gasteiger partial charge in [-0.2, -0.15) is 5.10 Å². The first-order valence-electron chi connectivity index (χ1n) is 5.59. The van der Waals surface area contributed by atoms with E-state index in [-0.39, 0.29) is 0 Å². The topological polar surface area (TPSA) is 29.9 Å². The molecule has 0 aliphatic rings. The van der Waals surface area contributed by atoms with Crippen LogP contribution in [0.5, 0.6) is 0 Å². The fourth-order valence-corrected chi connectivity index (χ4v) is 3.12. The normalized spacial score (nSPS) is 11.0. The Labute approximate surface area is 114 Å². The summed E-state index contributed by atoms with van der Waals surface area (Å²) in [6.07, 6.45) is 3.01. The van der Waals surface area contributed by atoms with Crippen molar-refractivity contribution in [2.45, 2.75) is 19.9 Å². The minimum Gasteiger partial charge on any atom is -0.312 e. The number of aryl methyl sites for hydroxylation is 1. The molecule has 0 radical (unpaired) electrons. The number of rotatable bonds is 5. The second-order valence-electron chi connectivity index (χ2n) is 4.01. The molecule has 0 amide bonds. The van der Waals surface area contributed by atoms with Gasteiger partial charge in [-0.15, -0.1) is 11.3 Å². The third-order valence-electron chi connectivity index (χ3n) is 2.83. The van der Waals surface area contributed by atoms with E-state index in [0.29, 0.717) is 0 Å². The van der Waals surface area contributed by atoms with Gasteiger partial charge in [-0.1, -0.05) is 0 Å². The van der Waals surface area contributed by atoms with Gasteiger partial charge in [-0.3, -0.25) is 4.68 Å². The number of aromatic nitrogens is 2. The molecule has 17 heavy (non-hydrogen) atoms. The van der Waals surface area contributed by atoms with Crippen LogP contribution in [0.25, 0.3) is 0 Å². The van der Waals surface area contributed by atoms with E-state index >= 15 is 0 Å². The molecule has 3 nitrogen and oxygen atoms in total. The van der Waals surface area contributed by atoms with E-state index in [0.717, 1.165) is 19.5 Å². The molecule has 0 aliphatic carbocycles. The van der Waals surface area contributed by atoms with Gasteiger partial charge in [0.05, 0.1) is 9.98 Å². The van der Waals surface area contributed by atoms with E-state index in [9.17, 15) is 0 Å². The third-order valence-corrected chi connectivity index (χ3v) is 4.51. The number of nitrogens with zero attached hydrogens (tertiary/aromatic N) is 2. The summed E-state index contributed by atoms with van der Waals surface area (Å²) in [5.41, 5.74) is 2.51. The maximum Gasteiger partial charge on any atom is 0.0701 e. The molecule has 0 aromatic carbocycles. The van der Waals surface area contributed by atoms with Gasteiger partial charge in [-0.25, -0.2) is 0 Å². The van der Waals surface area contributed by atoms with Crippen LogP contribution in [0.4, 0.5) is 0 Å². The Balaban J connectivity index is 1.75. The van der Waals surface area contributed by atoms with Crippen molar-refractivity contribution in [1.82, 2.24) is 15.1 Å². The van der Waals surface area contributed by atoms with E-state index in [2.05, 4.69) is 45.4 Å². The zero-order valence-electron chi connectivity index (χ0n) is 10.0. The van der Waals surface area contributed by atoms with Gasteiger partial charge in [-0.05, 0) is 41.4 Å². The average Bonchev–Trinajstić information content (AvgIpc) is 2.84. The number of hydrogen-bond donors (Lipinski definition) is 1. The van der Waals surface area contributed by atoms with Crippen molar-refractivity contribution >= 4 is 27.3 Å². The van der Waals surface area contributed by atoms with E-state index in [1.54, 1.807) is 11.3 Å². The molecule has 0 aliphatic heterocycles. The molecule has 0 bridgehead atoms. The lowest BCUT2D eigenvalue weighted by molar-refractivity contribution is 0.683. The Bertz CT molecular complexity index is 490. The van der Waals surface area contributed by atoms with Crippen LogP contribution in [-0.2, 0) is 20.0 Å². The molecular formula is C12H16BrN3S. The van der Waals surface area contributed by atoms with Crippen LogP contribution in [0.2, 0.25) is 0 Å². The number of thiophene rings is 1. The monoisotopic (exact) mass is 313 g/mol. The zero-order valence-corrected chi connectivity index (χ0v) is 12.4. The van der Waals surface area contributed by atoms with Crippen molar-refractivity contribution in [3.8, 4) is 0 Å². The lowest BCUT2D eigenvalue weighted by Crippen LogP contribution is -2.16. The summed E-state index contributed by atoms with van der Waals surface area (Å²) in [5.74, 6) is 0. The summed E-state index contributed by atoms with van der Waals surface area (Å²) in [7, 11) is 1.97. The van der Waals surface area contributed by atoms with Crippen LogP contribution < -0.4 is 5.32 Å². The maximum absolute atomic E-state index is 4.23. The van der Waals surface area contributed by atoms with Gasteiger partial charge >= 0.3 is 0 Å². The van der Waals surface area contributed by atoms with Crippen molar-refractivity contribution in [2.24, 2.45) is 7.05 Å². The molecule has 0 atom stereocenters. The van der Waals surface area contributed by atoms with Gasteiger partial charge in [0.15, 0.2) is 0 Å². The molecule has 0 spiro atoms. The summed E-state index contributed by atoms with van der Waals surface area (Å²) in [6.45, 7) is 3.99. The number of nitrogens with one attached hydrogen (secondary N) is 1. The van der Waals surface area contributed by atoms with E-state index in [1.807, 2.05) is 17.9 Å². The minimum atomic E-state index is 0.895. The fourth-order valence-electron chi connectivity index (χ4n) is 1.64. The van der Waals surface area contributed by atoms with Crippen molar-refractivity contribution in [2.75, 3.05) is 6.54 Å². The summed E-state index contributed by atoms with van der Waals surface area (Å²) in [6, 6.07) is 4.27. The van der Waals surface area contributed by atoms with E-state index in [1.165, 1.54) is 19.9 Å². The highest BCUT2D eigenvalue weighted by Gasteiger charge is 2.03. The molecule has 1 N–H and O–H groups in total. The second kappa shape index (κ2) is 5.80. The summed E-state index contributed by atoms with van der Waals surface area (Å²) < 4.78 is 3.11. The lowest BCUT2D eigenvalue weighted by Gasteiger charge is -2.03. The molecule has 0 fully saturated rings. The quantitative estimate of drug-likeness (QED) is 0.860. The predicted octanol–water partition coefficient (Wildman–Crippen LogP) is 2.88. The third kappa shape index (κ3) is 3.40. The largest absolute Gasteiger partial charge is 0.312 e. The zero-order chi connectivity index (χ0) is 12.3. The highest BCUT2D eigenvalue weighted by atomic mass is 79.9. The molecule has 2 heterocycles. The van der Waals surface area contributed by atoms with Crippen molar-refractivity contribution in [3.63, 3.8) is 0 Å². The Morgan fingerprint density at radius 3 is 2.88 bits per heavy atom. The van der Waals surface area contributed by atoms with Crippen molar-refractivity contribution < 1.29 is 0 Å². The van der Waals surface area contributed by atoms with Gasteiger partial charge in [0, 0.05) is 36.3 Å². The fraction of sp³-hybridized carbons (Fsp3) is 0.417. The Hall–Kier alpha value is -0.650. The van der Waals surface area contributed by atoms with Crippen LogP contribution in [0.3, 0.4) is 0 Å². The summed E-state index contributed by atoms with van der Waals surface area (Å²) >= 11 is 5.28. The standard InChI is InChI=1S/C12H16BrN3S/c1-9-10(8-15-16(9)2)7-14-6-5-11-3-4-12(13)17-11/h3-4,8,14H,5-7H2,1-2H3. The smallest absolute Gasteiger partial charge is 0.0701 e. The highest BCUT2D eigenvalue weighted by molar-refractivity contribution is 9.11. The molecule has 2 aromatic heterocycles. The van der Waals surface area contributed by atoms with Crippen LogP contribution >= 0.6 is 27.3 Å². The number of hydrogen-bond acceptors (Lipinski definition) is 3. The summed E-state index contributed by atoms with van der Waals surface area (Å²) in [4.78, 5) is 1.41. The van der Waals surface area contributed by atoms with E-state index in [4.69, 9.17) is 0 Å². The SMILES string of the molecule is Cc1c(CNCCc2ccc(Br)s2)cnn1C. The lowest BCUT2D eigenvalue weighted by atomic mass is 10.2. The van der Waals surface area contributed by atoms with Gasteiger partial charge in [0.1, 0.15) is 0 Å². The highest BCUT2D eigenvalue weighted by Crippen LogP contribution is 2.22. The average molecular weight is 314 g/mol. The summed E-state index contributed by atoms with van der Waals surface area (Å²) in [5, 5.41) is 7.68. The molecule has 2 aromatic rings. The van der Waals surface area contributed by atoms with Crippen molar-refractivity contribution in [1.29, 1.82) is 0 Å². The van der Waals surface area contributed by atoms with Crippen LogP contribution in [0.1, 0.15) is 16.1 Å². The molecule has 2 rings (SSSR count). The predicted molar refractivity (Wildman–Crippen MR) is 75.4 cm³/mol. The first-order valence-corrected chi connectivity index (χ1v) is 7.20. The maximum atomic E-state index is 4.23. The molecule has 0 unspecified atom stereocenters. The first-order chi connectivity index (χ1) is 8.16. The molecule has 0 saturated heterocycles. The van der Waals surface area contributed by atoms with Crippen LogP contribution in [0.15, 0.2) is 22.1 Å². The van der Waals surface area contributed by atoms with Crippen LogP contribution in [-0.4, -0.2) is 16.3 Å². The van der Waals surface area contributed by atoms with Crippen molar-refractivity contribution in [3.05, 3.63) is 38.3 Å². The number of halogens is 1. The minimum absolute atomic E-state index is 0.895. The van der Waals surface area contributed by atoms with E-state index < -0.39 is 0 Å². The molecular weight excluding hydrogens is 298 g/mol.